The summed E-state index contributed by atoms with van der Waals surface area (Å²) in [6.07, 6.45) is 1.07. The molecule has 0 saturated heterocycles. The molecule has 1 N–H and O–H groups in total. The van der Waals surface area contributed by atoms with Crippen molar-refractivity contribution in [1.82, 2.24) is 15.0 Å². The molecule has 1 aromatic carbocycles. The maximum atomic E-state index is 10.6. The van der Waals surface area contributed by atoms with Crippen molar-refractivity contribution in [3.05, 3.63) is 46.3 Å². The van der Waals surface area contributed by atoms with Crippen LogP contribution in [0.3, 0.4) is 0 Å². The van der Waals surface area contributed by atoms with E-state index >= 15 is 0 Å². The maximum Gasteiger partial charge on any atom is 0.358 e. The average molecular weight is 234 g/mol. The van der Waals surface area contributed by atoms with Crippen LogP contribution in [0.5, 0.6) is 0 Å². The number of carboxylic acid groups (broad SMARTS) is 1. The molecule has 0 aliphatic rings. The lowest BCUT2D eigenvalue weighted by atomic mass is 10.3. The SMILES string of the molecule is O=C(O)c1cnn(-c2cccc([N+](=O)[O-])c2)n1. The van der Waals surface area contributed by atoms with E-state index in [1.807, 2.05) is 0 Å². The van der Waals surface area contributed by atoms with E-state index in [1.54, 1.807) is 6.07 Å². The molecule has 0 amide bonds. The first-order valence-corrected chi connectivity index (χ1v) is 4.48. The minimum atomic E-state index is -1.21. The molecule has 1 heterocycles. The number of carbonyl (C=O) groups is 1. The van der Waals surface area contributed by atoms with E-state index in [2.05, 4.69) is 10.2 Å². The quantitative estimate of drug-likeness (QED) is 0.623. The Kier molecular flexibility index (Phi) is 2.53. The van der Waals surface area contributed by atoms with Gasteiger partial charge in [-0.25, -0.2) is 4.79 Å². The van der Waals surface area contributed by atoms with Gasteiger partial charge in [-0.1, -0.05) is 6.07 Å². The van der Waals surface area contributed by atoms with E-state index in [-0.39, 0.29) is 11.4 Å². The van der Waals surface area contributed by atoms with Crippen LogP contribution in [-0.4, -0.2) is 31.0 Å². The summed E-state index contributed by atoms with van der Waals surface area (Å²) in [5.74, 6) is -1.21. The van der Waals surface area contributed by atoms with Gasteiger partial charge in [0.1, 0.15) is 0 Å². The van der Waals surface area contributed by atoms with Crippen LogP contribution in [0, 0.1) is 10.1 Å². The highest BCUT2D eigenvalue weighted by Gasteiger charge is 2.11. The van der Waals surface area contributed by atoms with Gasteiger partial charge in [0, 0.05) is 12.1 Å². The number of nitro groups is 1. The van der Waals surface area contributed by atoms with Gasteiger partial charge in [0.15, 0.2) is 5.69 Å². The molecule has 8 nitrogen and oxygen atoms in total. The third-order valence-electron chi connectivity index (χ3n) is 1.98. The molecule has 2 aromatic rings. The Labute approximate surface area is 94.3 Å². The molecule has 0 aliphatic heterocycles. The molecular formula is C9H6N4O4. The van der Waals surface area contributed by atoms with Crippen LogP contribution >= 0.6 is 0 Å². The Balaban J connectivity index is 2.42. The summed E-state index contributed by atoms with van der Waals surface area (Å²) in [6.45, 7) is 0. The third-order valence-corrected chi connectivity index (χ3v) is 1.98. The van der Waals surface area contributed by atoms with Crippen LogP contribution in [-0.2, 0) is 0 Å². The van der Waals surface area contributed by atoms with Crippen molar-refractivity contribution in [3.8, 4) is 5.69 Å². The summed E-state index contributed by atoms with van der Waals surface area (Å²) >= 11 is 0. The summed E-state index contributed by atoms with van der Waals surface area (Å²) in [5.41, 5.74) is -0.0140. The Morgan fingerprint density at radius 3 is 2.82 bits per heavy atom. The molecule has 8 heteroatoms. The minimum absolute atomic E-state index is 0.114. The Hall–Kier alpha value is -2.77. The Morgan fingerprint density at radius 2 is 2.24 bits per heavy atom. The highest BCUT2D eigenvalue weighted by Crippen LogP contribution is 2.15. The van der Waals surface area contributed by atoms with Gasteiger partial charge in [-0.2, -0.15) is 9.90 Å². The van der Waals surface area contributed by atoms with E-state index in [4.69, 9.17) is 5.11 Å². The predicted molar refractivity (Wildman–Crippen MR) is 55.0 cm³/mol. The molecule has 0 unspecified atom stereocenters. The normalized spacial score (nSPS) is 10.1. The first-order valence-electron chi connectivity index (χ1n) is 4.48. The molecule has 0 aliphatic carbocycles. The van der Waals surface area contributed by atoms with Crippen LogP contribution in [0.15, 0.2) is 30.5 Å². The van der Waals surface area contributed by atoms with E-state index in [9.17, 15) is 14.9 Å². The van der Waals surface area contributed by atoms with Crippen molar-refractivity contribution in [1.29, 1.82) is 0 Å². The number of carboxylic acids is 1. The molecule has 1 aromatic heterocycles. The van der Waals surface area contributed by atoms with Gasteiger partial charge < -0.3 is 5.11 Å². The lowest BCUT2D eigenvalue weighted by Crippen LogP contribution is -2.02. The molecular weight excluding hydrogens is 228 g/mol. The van der Waals surface area contributed by atoms with Gasteiger partial charge in [0.25, 0.3) is 5.69 Å². The number of nitrogens with zero attached hydrogens (tertiary/aromatic N) is 4. The van der Waals surface area contributed by atoms with Crippen molar-refractivity contribution in [2.45, 2.75) is 0 Å². The van der Waals surface area contributed by atoms with E-state index in [0.717, 1.165) is 11.0 Å². The Morgan fingerprint density at radius 1 is 1.47 bits per heavy atom. The number of aromatic nitrogens is 3. The molecule has 2 rings (SSSR count). The first-order chi connectivity index (χ1) is 8.08. The van der Waals surface area contributed by atoms with Crippen LogP contribution in [0.25, 0.3) is 5.69 Å². The number of aromatic carboxylic acids is 1. The first kappa shape index (κ1) is 10.7. The number of rotatable bonds is 3. The summed E-state index contributed by atoms with van der Waals surface area (Å²) in [5, 5.41) is 26.6. The van der Waals surface area contributed by atoms with E-state index < -0.39 is 10.9 Å². The fourth-order valence-corrected chi connectivity index (χ4v) is 1.22. The van der Waals surface area contributed by atoms with Crippen LogP contribution in [0.4, 0.5) is 5.69 Å². The number of hydrogen-bond acceptors (Lipinski definition) is 5. The smallest absolute Gasteiger partial charge is 0.358 e. The lowest BCUT2D eigenvalue weighted by Gasteiger charge is -1.98. The lowest BCUT2D eigenvalue weighted by molar-refractivity contribution is -0.384. The van der Waals surface area contributed by atoms with Gasteiger partial charge in [0.2, 0.25) is 0 Å². The second kappa shape index (κ2) is 4.00. The Bertz CT molecular complexity index is 592. The molecule has 0 saturated carbocycles. The highest BCUT2D eigenvalue weighted by atomic mass is 16.6. The van der Waals surface area contributed by atoms with E-state index in [0.29, 0.717) is 5.69 Å². The fourth-order valence-electron chi connectivity index (χ4n) is 1.22. The largest absolute Gasteiger partial charge is 0.476 e. The summed E-state index contributed by atoms with van der Waals surface area (Å²) in [6, 6.07) is 5.59. The molecule has 0 atom stereocenters. The number of benzene rings is 1. The number of hydrogen-bond donors (Lipinski definition) is 1. The summed E-state index contributed by atoms with van der Waals surface area (Å²) < 4.78 is 0. The van der Waals surface area contributed by atoms with Crippen molar-refractivity contribution in [2.24, 2.45) is 0 Å². The van der Waals surface area contributed by atoms with Crippen LogP contribution in [0.1, 0.15) is 10.5 Å². The fraction of sp³-hybridized carbons (Fsp3) is 0. The van der Waals surface area contributed by atoms with E-state index in [1.165, 1.54) is 18.2 Å². The van der Waals surface area contributed by atoms with Crippen LogP contribution < -0.4 is 0 Å². The molecule has 0 fully saturated rings. The van der Waals surface area contributed by atoms with Gasteiger partial charge >= 0.3 is 5.97 Å². The number of nitro benzene ring substituents is 1. The highest BCUT2D eigenvalue weighted by molar-refractivity contribution is 5.84. The predicted octanol–water partition coefficient (Wildman–Crippen LogP) is 0.874. The average Bonchev–Trinajstić information content (AvgIpc) is 2.78. The molecule has 0 spiro atoms. The van der Waals surface area contributed by atoms with Crippen molar-refractivity contribution in [3.63, 3.8) is 0 Å². The molecule has 0 radical (unpaired) electrons. The molecule has 86 valence electrons. The zero-order valence-electron chi connectivity index (χ0n) is 8.35. The van der Waals surface area contributed by atoms with Crippen molar-refractivity contribution >= 4 is 11.7 Å². The van der Waals surface area contributed by atoms with Crippen LogP contribution in [0.2, 0.25) is 0 Å². The molecule has 17 heavy (non-hydrogen) atoms. The van der Waals surface area contributed by atoms with Crippen molar-refractivity contribution < 1.29 is 14.8 Å². The summed E-state index contributed by atoms with van der Waals surface area (Å²) in [7, 11) is 0. The third kappa shape index (κ3) is 2.09. The standard InChI is InChI=1S/C9H6N4O4/c14-9(15)8-5-10-12(11-8)6-2-1-3-7(4-6)13(16)17/h1-5H,(H,14,15). The minimum Gasteiger partial charge on any atom is -0.476 e. The molecule has 0 bridgehead atoms. The monoisotopic (exact) mass is 234 g/mol. The van der Waals surface area contributed by atoms with Gasteiger partial charge in [-0.3, -0.25) is 10.1 Å². The summed E-state index contributed by atoms with van der Waals surface area (Å²) in [4.78, 5) is 21.6. The second-order valence-electron chi connectivity index (χ2n) is 3.10. The topological polar surface area (TPSA) is 111 Å². The number of non-ortho nitro benzene ring substituents is 1. The van der Waals surface area contributed by atoms with Crippen molar-refractivity contribution in [2.75, 3.05) is 0 Å². The maximum absolute atomic E-state index is 10.6. The second-order valence-corrected chi connectivity index (χ2v) is 3.10. The van der Waals surface area contributed by atoms with Gasteiger partial charge in [-0.15, -0.1) is 5.10 Å². The zero-order chi connectivity index (χ0) is 12.4. The van der Waals surface area contributed by atoms with Gasteiger partial charge in [-0.05, 0) is 6.07 Å². The zero-order valence-corrected chi connectivity index (χ0v) is 8.35. The van der Waals surface area contributed by atoms with Gasteiger partial charge in [0.05, 0.1) is 16.8 Å².